The van der Waals surface area contributed by atoms with Gasteiger partial charge < -0.3 is 5.32 Å². The van der Waals surface area contributed by atoms with Crippen LogP contribution in [0.1, 0.15) is 26.0 Å². The van der Waals surface area contributed by atoms with Crippen molar-refractivity contribution in [1.82, 2.24) is 14.9 Å². The third-order valence-electron chi connectivity index (χ3n) is 2.39. The first kappa shape index (κ1) is 15.7. The standard InChI is InChI=1S/C12H19F3N4/c1-3-5-19(9-12(13,14)15)8-10-6-18-11(7-17-10)16-4-2/h6-7H,3-5,8-9H2,1-2H3,(H,16,18). The molecule has 0 aliphatic rings. The molecule has 7 heteroatoms. The minimum Gasteiger partial charge on any atom is -0.369 e. The summed E-state index contributed by atoms with van der Waals surface area (Å²) in [4.78, 5) is 9.54. The molecule has 108 valence electrons. The Labute approximate surface area is 111 Å². The summed E-state index contributed by atoms with van der Waals surface area (Å²) < 4.78 is 37.2. The molecule has 0 saturated heterocycles. The van der Waals surface area contributed by atoms with E-state index < -0.39 is 12.7 Å². The predicted molar refractivity (Wildman–Crippen MR) is 67.8 cm³/mol. The molecule has 19 heavy (non-hydrogen) atoms. The second kappa shape index (κ2) is 7.28. The highest BCUT2D eigenvalue weighted by Gasteiger charge is 2.30. The number of halogens is 3. The maximum atomic E-state index is 12.4. The Hall–Kier alpha value is -1.37. The van der Waals surface area contributed by atoms with Crippen LogP contribution in [-0.2, 0) is 6.54 Å². The second-order valence-electron chi connectivity index (χ2n) is 4.25. The number of nitrogens with one attached hydrogen (secondary N) is 1. The van der Waals surface area contributed by atoms with Crippen LogP contribution in [0, 0.1) is 0 Å². The fourth-order valence-electron chi connectivity index (χ4n) is 1.72. The van der Waals surface area contributed by atoms with Crippen LogP contribution in [0.15, 0.2) is 12.4 Å². The van der Waals surface area contributed by atoms with E-state index in [4.69, 9.17) is 0 Å². The third-order valence-corrected chi connectivity index (χ3v) is 2.39. The minimum atomic E-state index is -4.19. The molecule has 0 radical (unpaired) electrons. The van der Waals surface area contributed by atoms with E-state index in [1.165, 1.54) is 17.3 Å². The lowest BCUT2D eigenvalue weighted by Crippen LogP contribution is -2.34. The molecular formula is C12H19F3N4. The van der Waals surface area contributed by atoms with Gasteiger partial charge in [0.05, 0.1) is 24.6 Å². The van der Waals surface area contributed by atoms with Gasteiger partial charge in [0.1, 0.15) is 5.82 Å². The molecule has 0 saturated carbocycles. The molecule has 1 aromatic heterocycles. The lowest BCUT2D eigenvalue weighted by Gasteiger charge is -2.22. The first-order valence-electron chi connectivity index (χ1n) is 6.28. The smallest absolute Gasteiger partial charge is 0.369 e. The fourth-order valence-corrected chi connectivity index (χ4v) is 1.72. The van der Waals surface area contributed by atoms with Gasteiger partial charge in [0.2, 0.25) is 0 Å². The zero-order valence-corrected chi connectivity index (χ0v) is 11.2. The molecule has 0 spiro atoms. The molecule has 1 aromatic rings. The Morgan fingerprint density at radius 3 is 2.42 bits per heavy atom. The van der Waals surface area contributed by atoms with Crippen molar-refractivity contribution in [2.45, 2.75) is 33.0 Å². The highest BCUT2D eigenvalue weighted by molar-refractivity contribution is 5.30. The zero-order valence-electron chi connectivity index (χ0n) is 11.2. The molecular weight excluding hydrogens is 257 g/mol. The summed E-state index contributed by atoms with van der Waals surface area (Å²) >= 11 is 0. The van der Waals surface area contributed by atoms with E-state index in [0.29, 0.717) is 24.5 Å². The van der Waals surface area contributed by atoms with E-state index in [1.54, 1.807) is 0 Å². The van der Waals surface area contributed by atoms with Gasteiger partial charge >= 0.3 is 6.18 Å². The summed E-state index contributed by atoms with van der Waals surface area (Å²) in [5.41, 5.74) is 0.541. The molecule has 0 atom stereocenters. The van der Waals surface area contributed by atoms with Crippen molar-refractivity contribution in [3.63, 3.8) is 0 Å². The zero-order chi connectivity index (χ0) is 14.3. The van der Waals surface area contributed by atoms with Crippen molar-refractivity contribution >= 4 is 5.82 Å². The largest absolute Gasteiger partial charge is 0.401 e. The van der Waals surface area contributed by atoms with Crippen LogP contribution in [0.3, 0.4) is 0 Å². The van der Waals surface area contributed by atoms with Gasteiger partial charge in [-0.05, 0) is 19.9 Å². The first-order chi connectivity index (χ1) is 8.94. The Kier molecular flexibility index (Phi) is 6.01. The second-order valence-corrected chi connectivity index (χ2v) is 4.25. The molecule has 1 rings (SSSR count). The van der Waals surface area contributed by atoms with Gasteiger partial charge in [-0.3, -0.25) is 9.88 Å². The SMILES string of the molecule is CCCN(Cc1cnc(NCC)cn1)CC(F)(F)F. The fraction of sp³-hybridized carbons (Fsp3) is 0.667. The molecule has 0 aromatic carbocycles. The molecule has 0 aliphatic carbocycles. The van der Waals surface area contributed by atoms with E-state index in [1.807, 2.05) is 13.8 Å². The summed E-state index contributed by atoms with van der Waals surface area (Å²) in [6.45, 7) is 4.13. The molecule has 0 bridgehead atoms. The number of alkyl halides is 3. The van der Waals surface area contributed by atoms with Gasteiger partial charge in [-0.25, -0.2) is 4.98 Å². The van der Waals surface area contributed by atoms with Crippen LogP contribution in [0.4, 0.5) is 19.0 Å². The maximum absolute atomic E-state index is 12.4. The van der Waals surface area contributed by atoms with Gasteiger partial charge in [-0.2, -0.15) is 13.2 Å². The Bertz CT molecular complexity index is 364. The normalized spacial score (nSPS) is 11.9. The van der Waals surface area contributed by atoms with Gasteiger partial charge in [-0.15, -0.1) is 0 Å². The summed E-state index contributed by atoms with van der Waals surface area (Å²) in [7, 11) is 0. The number of hydrogen-bond acceptors (Lipinski definition) is 4. The lowest BCUT2D eigenvalue weighted by atomic mass is 10.3. The van der Waals surface area contributed by atoms with Crippen LogP contribution in [0.25, 0.3) is 0 Å². The van der Waals surface area contributed by atoms with Crippen LogP contribution >= 0.6 is 0 Å². The van der Waals surface area contributed by atoms with Gasteiger partial charge in [-0.1, -0.05) is 6.92 Å². The summed E-state index contributed by atoms with van der Waals surface area (Å²) in [5.74, 6) is 0.629. The predicted octanol–water partition coefficient (Wildman–Crippen LogP) is 2.68. The number of rotatable bonds is 7. The highest BCUT2D eigenvalue weighted by atomic mass is 19.4. The topological polar surface area (TPSA) is 41.1 Å². The van der Waals surface area contributed by atoms with Crippen LogP contribution in [-0.4, -0.2) is 40.7 Å². The maximum Gasteiger partial charge on any atom is 0.401 e. The number of anilines is 1. The monoisotopic (exact) mass is 276 g/mol. The van der Waals surface area contributed by atoms with E-state index in [0.717, 1.165) is 6.54 Å². The Morgan fingerprint density at radius 2 is 1.95 bits per heavy atom. The summed E-state index contributed by atoms with van der Waals surface area (Å²) in [6.07, 6.45) is -0.473. The Morgan fingerprint density at radius 1 is 1.21 bits per heavy atom. The Balaban J connectivity index is 2.62. The molecule has 0 amide bonds. The van der Waals surface area contributed by atoms with Crippen molar-refractivity contribution < 1.29 is 13.2 Å². The average molecular weight is 276 g/mol. The molecule has 1 N–H and O–H groups in total. The van der Waals surface area contributed by atoms with E-state index >= 15 is 0 Å². The lowest BCUT2D eigenvalue weighted by molar-refractivity contribution is -0.147. The van der Waals surface area contributed by atoms with E-state index in [2.05, 4.69) is 15.3 Å². The molecule has 0 aliphatic heterocycles. The number of nitrogens with zero attached hydrogens (tertiary/aromatic N) is 3. The third kappa shape index (κ3) is 6.37. The van der Waals surface area contributed by atoms with Crippen LogP contribution < -0.4 is 5.32 Å². The van der Waals surface area contributed by atoms with Crippen molar-refractivity contribution in [2.24, 2.45) is 0 Å². The van der Waals surface area contributed by atoms with Crippen LogP contribution in [0.2, 0.25) is 0 Å². The van der Waals surface area contributed by atoms with Gasteiger partial charge in [0.25, 0.3) is 0 Å². The first-order valence-corrected chi connectivity index (χ1v) is 6.28. The quantitative estimate of drug-likeness (QED) is 0.831. The number of aromatic nitrogens is 2. The molecule has 0 fully saturated rings. The van der Waals surface area contributed by atoms with Crippen molar-refractivity contribution in [1.29, 1.82) is 0 Å². The van der Waals surface area contributed by atoms with Crippen molar-refractivity contribution in [3.05, 3.63) is 18.1 Å². The van der Waals surface area contributed by atoms with Crippen LogP contribution in [0.5, 0.6) is 0 Å². The van der Waals surface area contributed by atoms with Gasteiger partial charge in [0, 0.05) is 13.1 Å². The summed E-state index contributed by atoms with van der Waals surface area (Å²) in [6, 6.07) is 0. The summed E-state index contributed by atoms with van der Waals surface area (Å²) in [5, 5.41) is 2.98. The highest BCUT2D eigenvalue weighted by Crippen LogP contribution is 2.18. The molecule has 1 heterocycles. The van der Waals surface area contributed by atoms with E-state index in [9.17, 15) is 13.2 Å². The molecule has 4 nitrogen and oxygen atoms in total. The van der Waals surface area contributed by atoms with Crippen molar-refractivity contribution in [3.8, 4) is 0 Å². The van der Waals surface area contributed by atoms with Crippen molar-refractivity contribution in [2.75, 3.05) is 25.0 Å². The number of hydrogen-bond donors (Lipinski definition) is 1. The molecule has 0 unspecified atom stereocenters. The average Bonchev–Trinajstić information content (AvgIpc) is 2.30. The van der Waals surface area contributed by atoms with Gasteiger partial charge in [0.15, 0.2) is 0 Å². The van der Waals surface area contributed by atoms with E-state index in [-0.39, 0.29) is 6.54 Å². The minimum absolute atomic E-state index is 0.159.